The van der Waals surface area contributed by atoms with Gasteiger partial charge in [0.15, 0.2) is 0 Å². The van der Waals surface area contributed by atoms with Crippen LogP contribution in [0.3, 0.4) is 0 Å². The number of benzene rings is 2. The van der Waals surface area contributed by atoms with Crippen LogP contribution < -0.4 is 14.4 Å². The molecule has 0 aromatic heterocycles. The molecular formula is C28H38FN3O5S. The van der Waals surface area contributed by atoms with Crippen molar-refractivity contribution in [3.8, 4) is 5.75 Å². The molecule has 0 saturated heterocycles. The highest BCUT2D eigenvalue weighted by atomic mass is 32.2. The van der Waals surface area contributed by atoms with Crippen LogP contribution in [0.15, 0.2) is 48.5 Å². The lowest BCUT2D eigenvalue weighted by molar-refractivity contribution is -0.141. The van der Waals surface area contributed by atoms with Crippen molar-refractivity contribution < 1.29 is 27.1 Å². The minimum absolute atomic E-state index is 0.0399. The highest BCUT2D eigenvalue weighted by Gasteiger charge is 2.28. The Hall–Kier alpha value is -3.14. The van der Waals surface area contributed by atoms with E-state index in [1.165, 1.54) is 28.4 Å². The van der Waals surface area contributed by atoms with Crippen LogP contribution in [0.25, 0.3) is 0 Å². The number of nitrogens with zero attached hydrogens (tertiary/aromatic N) is 2. The van der Waals surface area contributed by atoms with Gasteiger partial charge in [0.05, 0.1) is 19.1 Å². The van der Waals surface area contributed by atoms with Gasteiger partial charge in [-0.15, -0.1) is 0 Å². The number of sulfonamides is 1. The van der Waals surface area contributed by atoms with Crippen LogP contribution in [-0.2, 0) is 26.2 Å². The molecule has 0 bridgehead atoms. The van der Waals surface area contributed by atoms with Gasteiger partial charge >= 0.3 is 0 Å². The molecule has 0 aliphatic heterocycles. The van der Waals surface area contributed by atoms with Gasteiger partial charge in [0, 0.05) is 31.6 Å². The molecule has 1 aliphatic rings. The van der Waals surface area contributed by atoms with Crippen LogP contribution in [0.5, 0.6) is 5.75 Å². The molecule has 3 rings (SSSR count). The van der Waals surface area contributed by atoms with E-state index in [9.17, 15) is 22.4 Å². The summed E-state index contributed by atoms with van der Waals surface area (Å²) in [5.41, 5.74) is 1.15. The summed E-state index contributed by atoms with van der Waals surface area (Å²) in [6.07, 6.45) is 6.57. The SMILES string of the molecule is COc1cccc(N(CCCC(=O)N(Cc2ccc(F)cc2)[C@@H](C)C(=O)NC2CCCCC2)S(C)(=O)=O)c1. The van der Waals surface area contributed by atoms with Crippen LogP contribution in [-0.4, -0.2) is 57.1 Å². The standard InChI is InChI=1S/C28H38FN3O5S/c1-21(28(34)30-24-9-5-4-6-10-24)31(20-22-14-16-23(29)17-15-22)27(33)13-8-18-32(38(3,35)36)25-11-7-12-26(19-25)37-2/h7,11-12,14-17,19,21,24H,4-6,8-10,13,18,20H2,1-3H3,(H,30,34)/t21-/m0/s1. The number of hydrogen-bond donors (Lipinski definition) is 1. The number of nitrogens with one attached hydrogen (secondary N) is 1. The molecule has 1 atom stereocenters. The van der Waals surface area contributed by atoms with Crippen molar-refractivity contribution in [3.63, 3.8) is 0 Å². The van der Waals surface area contributed by atoms with Crippen molar-refractivity contribution in [1.82, 2.24) is 10.2 Å². The Morgan fingerprint density at radius 1 is 1.11 bits per heavy atom. The molecule has 1 aliphatic carbocycles. The van der Waals surface area contributed by atoms with Crippen LogP contribution in [0.4, 0.5) is 10.1 Å². The molecule has 2 amide bonds. The van der Waals surface area contributed by atoms with Gasteiger partial charge in [-0.25, -0.2) is 12.8 Å². The molecule has 10 heteroatoms. The van der Waals surface area contributed by atoms with Gasteiger partial charge in [-0.3, -0.25) is 13.9 Å². The zero-order valence-corrected chi connectivity index (χ0v) is 23.2. The molecule has 0 spiro atoms. The first kappa shape index (κ1) is 29.4. The van der Waals surface area contributed by atoms with Gasteiger partial charge in [-0.1, -0.05) is 37.5 Å². The minimum atomic E-state index is -3.61. The topological polar surface area (TPSA) is 96.0 Å². The summed E-state index contributed by atoms with van der Waals surface area (Å²) < 4.78 is 44.9. The predicted octanol–water partition coefficient (Wildman–Crippen LogP) is 4.25. The number of carbonyl (C=O) groups is 2. The van der Waals surface area contributed by atoms with E-state index in [0.29, 0.717) is 17.0 Å². The zero-order chi connectivity index (χ0) is 27.7. The highest BCUT2D eigenvalue weighted by molar-refractivity contribution is 7.92. The Morgan fingerprint density at radius 2 is 1.79 bits per heavy atom. The summed E-state index contributed by atoms with van der Waals surface area (Å²) in [4.78, 5) is 28.0. The summed E-state index contributed by atoms with van der Waals surface area (Å²) in [5, 5.41) is 3.08. The molecule has 0 unspecified atom stereocenters. The third-order valence-corrected chi connectivity index (χ3v) is 8.07. The summed E-state index contributed by atoms with van der Waals surface area (Å²) >= 11 is 0. The maximum absolute atomic E-state index is 13.4. The first-order chi connectivity index (χ1) is 18.1. The second-order valence-corrected chi connectivity index (χ2v) is 11.7. The zero-order valence-electron chi connectivity index (χ0n) is 22.4. The van der Waals surface area contributed by atoms with Gasteiger partial charge in [0.2, 0.25) is 21.8 Å². The van der Waals surface area contributed by atoms with Crippen LogP contribution in [0.1, 0.15) is 57.4 Å². The molecule has 2 aromatic carbocycles. The van der Waals surface area contributed by atoms with E-state index in [-0.39, 0.29) is 49.6 Å². The molecule has 208 valence electrons. The quantitative estimate of drug-likeness (QED) is 0.429. The number of halogens is 1. The fourth-order valence-electron chi connectivity index (χ4n) is 4.71. The molecule has 1 fully saturated rings. The second kappa shape index (κ2) is 13.6. The van der Waals surface area contributed by atoms with Crippen molar-refractivity contribution in [1.29, 1.82) is 0 Å². The maximum Gasteiger partial charge on any atom is 0.242 e. The van der Waals surface area contributed by atoms with Crippen molar-refractivity contribution in [2.24, 2.45) is 0 Å². The van der Waals surface area contributed by atoms with Crippen LogP contribution >= 0.6 is 0 Å². The molecule has 1 saturated carbocycles. The van der Waals surface area contributed by atoms with Crippen molar-refractivity contribution in [2.75, 3.05) is 24.2 Å². The van der Waals surface area contributed by atoms with Gasteiger partial charge in [-0.2, -0.15) is 0 Å². The van der Waals surface area contributed by atoms with Gasteiger partial charge < -0.3 is 15.0 Å². The minimum Gasteiger partial charge on any atom is -0.497 e. The number of methoxy groups -OCH3 is 1. The maximum atomic E-state index is 13.4. The number of amides is 2. The molecule has 0 radical (unpaired) electrons. The lowest BCUT2D eigenvalue weighted by atomic mass is 9.95. The van der Waals surface area contributed by atoms with E-state index in [1.54, 1.807) is 43.3 Å². The largest absolute Gasteiger partial charge is 0.497 e. The Morgan fingerprint density at radius 3 is 2.42 bits per heavy atom. The van der Waals surface area contributed by atoms with Crippen LogP contribution in [0.2, 0.25) is 0 Å². The fourth-order valence-corrected chi connectivity index (χ4v) is 5.66. The third kappa shape index (κ3) is 8.44. The normalized spacial score (nSPS) is 14.9. The van der Waals surface area contributed by atoms with Crippen molar-refractivity contribution >= 4 is 27.5 Å². The second-order valence-electron chi connectivity index (χ2n) is 9.81. The smallest absolute Gasteiger partial charge is 0.242 e. The Kier molecular flexibility index (Phi) is 10.5. The van der Waals surface area contributed by atoms with E-state index in [2.05, 4.69) is 5.32 Å². The average Bonchev–Trinajstić information content (AvgIpc) is 2.90. The monoisotopic (exact) mass is 547 g/mol. The summed E-state index contributed by atoms with van der Waals surface area (Å²) in [6, 6.07) is 11.9. The highest BCUT2D eigenvalue weighted by Crippen LogP contribution is 2.24. The van der Waals surface area contributed by atoms with Crippen molar-refractivity contribution in [2.45, 2.75) is 70.5 Å². The first-order valence-corrected chi connectivity index (χ1v) is 14.9. The third-order valence-electron chi connectivity index (χ3n) is 6.88. The fraction of sp³-hybridized carbons (Fsp3) is 0.500. The van der Waals surface area contributed by atoms with E-state index >= 15 is 0 Å². The number of ether oxygens (including phenoxy) is 1. The van der Waals surface area contributed by atoms with Crippen LogP contribution in [0, 0.1) is 5.82 Å². The van der Waals surface area contributed by atoms with E-state index in [0.717, 1.165) is 38.4 Å². The molecule has 8 nitrogen and oxygen atoms in total. The number of rotatable bonds is 12. The lowest BCUT2D eigenvalue weighted by Crippen LogP contribution is -2.50. The summed E-state index contributed by atoms with van der Waals surface area (Å²) in [7, 11) is -2.10. The molecular weight excluding hydrogens is 509 g/mol. The Bertz CT molecular complexity index is 1180. The van der Waals surface area contributed by atoms with E-state index < -0.39 is 16.1 Å². The van der Waals surface area contributed by atoms with Gasteiger partial charge in [0.1, 0.15) is 17.6 Å². The van der Waals surface area contributed by atoms with E-state index in [4.69, 9.17) is 4.74 Å². The molecule has 1 N–H and O–H groups in total. The number of anilines is 1. The van der Waals surface area contributed by atoms with E-state index in [1.807, 2.05) is 0 Å². The molecule has 38 heavy (non-hydrogen) atoms. The average molecular weight is 548 g/mol. The summed E-state index contributed by atoms with van der Waals surface area (Å²) in [5.74, 6) is -0.357. The predicted molar refractivity (Wildman–Crippen MR) is 146 cm³/mol. The number of carbonyl (C=O) groups excluding carboxylic acids is 2. The molecule has 2 aromatic rings. The first-order valence-electron chi connectivity index (χ1n) is 13.0. The summed E-state index contributed by atoms with van der Waals surface area (Å²) in [6.45, 7) is 1.92. The number of hydrogen-bond acceptors (Lipinski definition) is 5. The van der Waals surface area contributed by atoms with Gasteiger partial charge in [-0.05, 0) is 56.0 Å². The lowest BCUT2D eigenvalue weighted by Gasteiger charge is -2.31. The van der Waals surface area contributed by atoms with Gasteiger partial charge in [0.25, 0.3) is 0 Å². The van der Waals surface area contributed by atoms with Crippen molar-refractivity contribution in [3.05, 3.63) is 59.9 Å². The Balaban J connectivity index is 1.71. The molecule has 0 heterocycles. The Labute approximate surface area is 225 Å².